The van der Waals surface area contributed by atoms with Crippen LogP contribution < -0.4 is 5.56 Å². The zero-order valence-corrected chi connectivity index (χ0v) is 7.73. The van der Waals surface area contributed by atoms with Gasteiger partial charge in [0.05, 0.1) is 0 Å². The standard InChI is InChI=1S/C6H4BrFN2O3/c7-3-1-9-2-10(5(3)11)4(8)6(12)13/h1-2,4H,(H,12,13). The van der Waals surface area contributed by atoms with Crippen LogP contribution in [0.3, 0.4) is 0 Å². The molecule has 0 saturated heterocycles. The van der Waals surface area contributed by atoms with Gasteiger partial charge in [-0.3, -0.25) is 9.36 Å². The van der Waals surface area contributed by atoms with Crippen molar-refractivity contribution in [3.63, 3.8) is 0 Å². The van der Waals surface area contributed by atoms with Crippen LogP contribution in [-0.4, -0.2) is 20.6 Å². The van der Waals surface area contributed by atoms with Crippen molar-refractivity contribution in [2.75, 3.05) is 0 Å². The number of carboxylic acid groups (broad SMARTS) is 1. The van der Waals surface area contributed by atoms with Gasteiger partial charge in [0, 0.05) is 6.20 Å². The second kappa shape index (κ2) is 3.65. The summed E-state index contributed by atoms with van der Waals surface area (Å²) in [5, 5.41) is 8.27. The third-order valence-electron chi connectivity index (χ3n) is 1.27. The van der Waals surface area contributed by atoms with Gasteiger partial charge in [0.2, 0.25) is 0 Å². The Morgan fingerprint density at radius 3 is 2.92 bits per heavy atom. The van der Waals surface area contributed by atoms with Gasteiger partial charge in [-0.05, 0) is 15.9 Å². The smallest absolute Gasteiger partial charge is 0.360 e. The molecule has 5 nitrogen and oxygen atoms in total. The van der Waals surface area contributed by atoms with E-state index in [9.17, 15) is 14.0 Å². The highest BCUT2D eigenvalue weighted by Gasteiger charge is 2.19. The molecular formula is C6H4BrFN2O3. The monoisotopic (exact) mass is 250 g/mol. The number of aromatic nitrogens is 2. The van der Waals surface area contributed by atoms with E-state index in [1.165, 1.54) is 0 Å². The average molecular weight is 251 g/mol. The summed E-state index contributed by atoms with van der Waals surface area (Å²) in [5.74, 6) is -1.73. The maximum atomic E-state index is 12.8. The van der Waals surface area contributed by atoms with Gasteiger partial charge < -0.3 is 5.11 Å². The molecule has 1 atom stereocenters. The lowest BCUT2D eigenvalue weighted by Gasteiger charge is -2.05. The van der Waals surface area contributed by atoms with Crippen molar-refractivity contribution in [2.45, 2.75) is 6.30 Å². The SMILES string of the molecule is O=C(O)C(F)n1cncc(Br)c1=O. The van der Waals surface area contributed by atoms with Gasteiger partial charge in [-0.25, -0.2) is 14.2 Å². The number of hydrogen-bond acceptors (Lipinski definition) is 3. The lowest BCUT2D eigenvalue weighted by atomic mass is 10.5. The number of aliphatic carboxylic acids is 1. The van der Waals surface area contributed by atoms with E-state index in [1.54, 1.807) is 0 Å². The zero-order chi connectivity index (χ0) is 10.0. The Kier molecular flexibility index (Phi) is 2.76. The second-order valence-corrected chi connectivity index (χ2v) is 2.98. The molecule has 0 saturated carbocycles. The third kappa shape index (κ3) is 1.92. The predicted octanol–water partition coefficient (Wildman–Crippen LogP) is 0.559. The number of rotatable bonds is 2. The van der Waals surface area contributed by atoms with Crippen LogP contribution in [-0.2, 0) is 4.79 Å². The Labute approximate surface area is 80.0 Å². The van der Waals surface area contributed by atoms with E-state index in [2.05, 4.69) is 20.9 Å². The summed E-state index contributed by atoms with van der Waals surface area (Å²) in [7, 11) is 0. The summed E-state index contributed by atoms with van der Waals surface area (Å²) in [6.07, 6.45) is -0.420. The van der Waals surface area contributed by atoms with Gasteiger partial charge in [0.1, 0.15) is 10.8 Å². The molecule has 0 aliphatic rings. The molecule has 0 aliphatic heterocycles. The molecule has 1 rings (SSSR count). The summed E-state index contributed by atoms with van der Waals surface area (Å²) < 4.78 is 13.2. The molecule has 1 N–H and O–H groups in total. The zero-order valence-electron chi connectivity index (χ0n) is 6.15. The minimum Gasteiger partial charge on any atom is -0.478 e. The summed E-state index contributed by atoms with van der Waals surface area (Å²) in [4.78, 5) is 24.7. The van der Waals surface area contributed by atoms with Crippen molar-refractivity contribution in [1.82, 2.24) is 9.55 Å². The summed E-state index contributed by atoms with van der Waals surface area (Å²) >= 11 is 2.81. The number of alkyl halides is 1. The van der Waals surface area contributed by atoms with Crippen molar-refractivity contribution >= 4 is 21.9 Å². The van der Waals surface area contributed by atoms with Crippen LogP contribution >= 0.6 is 15.9 Å². The van der Waals surface area contributed by atoms with Crippen molar-refractivity contribution < 1.29 is 14.3 Å². The molecule has 0 spiro atoms. The number of nitrogens with zero attached hydrogens (tertiary/aromatic N) is 2. The van der Waals surface area contributed by atoms with Crippen LogP contribution in [0.5, 0.6) is 0 Å². The van der Waals surface area contributed by atoms with E-state index in [0.29, 0.717) is 4.57 Å². The lowest BCUT2D eigenvalue weighted by Crippen LogP contribution is -2.27. The molecule has 13 heavy (non-hydrogen) atoms. The first-order chi connectivity index (χ1) is 6.04. The van der Waals surface area contributed by atoms with Crippen LogP contribution in [0.15, 0.2) is 21.8 Å². The molecule has 70 valence electrons. The highest BCUT2D eigenvalue weighted by Crippen LogP contribution is 2.06. The summed E-state index contributed by atoms with van der Waals surface area (Å²) in [6, 6.07) is 0. The molecule has 0 amide bonds. The minimum absolute atomic E-state index is 0.0129. The maximum Gasteiger partial charge on any atom is 0.360 e. The molecule has 0 aliphatic carbocycles. The fourth-order valence-electron chi connectivity index (χ4n) is 0.682. The molecule has 0 fully saturated rings. The first-order valence-electron chi connectivity index (χ1n) is 3.12. The fourth-order valence-corrected chi connectivity index (χ4v) is 1.01. The number of halogens is 2. The second-order valence-electron chi connectivity index (χ2n) is 2.13. The Morgan fingerprint density at radius 2 is 2.38 bits per heavy atom. The maximum absolute atomic E-state index is 12.8. The Bertz CT molecular complexity index is 392. The number of carbonyl (C=O) groups is 1. The Hall–Kier alpha value is -1.24. The van der Waals surface area contributed by atoms with Crippen LogP contribution in [0, 0.1) is 0 Å². The number of carboxylic acids is 1. The van der Waals surface area contributed by atoms with Crippen molar-refractivity contribution in [1.29, 1.82) is 0 Å². The van der Waals surface area contributed by atoms with E-state index in [0.717, 1.165) is 12.5 Å². The van der Waals surface area contributed by atoms with Crippen LogP contribution in [0.1, 0.15) is 6.30 Å². The highest BCUT2D eigenvalue weighted by atomic mass is 79.9. The molecular weight excluding hydrogens is 247 g/mol. The predicted molar refractivity (Wildman–Crippen MR) is 44.0 cm³/mol. The van der Waals surface area contributed by atoms with Gasteiger partial charge >= 0.3 is 5.97 Å². The van der Waals surface area contributed by atoms with Gasteiger partial charge in [-0.15, -0.1) is 0 Å². The topological polar surface area (TPSA) is 72.2 Å². The van der Waals surface area contributed by atoms with Crippen molar-refractivity contribution in [2.24, 2.45) is 0 Å². The molecule has 7 heteroatoms. The van der Waals surface area contributed by atoms with E-state index < -0.39 is 17.8 Å². The van der Waals surface area contributed by atoms with Crippen molar-refractivity contribution in [3.05, 3.63) is 27.4 Å². The quantitative estimate of drug-likeness (QED) is 0.833. The first kappa shape index (κ1) is 9.85. The molecule has 0 radical (unpaired) electrons. The Balaban J connectivity index is 3.23. The van der Waals surface area contributed by atoms with Crippen LogP contribution in [0.4, 0.5) is 4.39 Å². The Morgan fingerprint density at radius 1 is 1.77 bits per heavy atom. The summed E-state index contributed by atoms with van der Waals surface area (Å²) in [6.45, 7) is 0. The molecule has 1 heterocycles. The lowest BCUT2D eigenvalue weighted by molar-refractivity contribution is -0.146. The molecule has 1 unspecified atom stereocenters. The van der Waals surface area contributed by atoms with Crippen LogP contribution in [0.25, 0.3) is 0 Å². The highest BCUT2D eigenvalue weighted by molar-refractivity contribution is 9.10. The molecule has 1 aromatic heterocycles. The van der Waals surface area contributed by atoms with Gasteiger partial charge in [0.15, 0.2) is 0 Å². The third-order valence-corrected chi connectivity index (χ3v) is 1.81. The minimum atomic E-state index is -2.41. The van der Waals surface area contributed by atoms with E-state index in [4.69, 9.17) is 5.11 Å². The van der Waals surface area contributed by atoms with E-state index in [1.807, 2.05) is 0 Å². The fraction of sp³-hybridized carbons (Fsp3) is 0.167. The molecule has 1 aromatic rings. The van der Waals surface area contributed by atoms with Crippen molar-refractivity contribution in [3.8, 4) is 0 Å². The summed E-state index contributed by atoms with van der Waals surface area (Å²) in [5.41, 5.74) is -0.773. The first-order valence-corrected chi connectivity index (χ1v) is 3.92. The van der Waals surface area contributed by atoms with E-state index in [-0.39, 0.29) is 4.47 Å². The molecule has 0 aromatic carbocycles. The number of hydrogen-bond donors (Lipinski definition) is 1. The largest absolute Gasteiger partial charge is 0.478 e. The molecule has 0 bridgehead atoms. The average Bonchev–Trinajstić information content (AvgIpc) is 2.08. The van der Waals surface area contributed by atoms with Gasteiger partial charge in [-0.1, -0.05) is 0 Å². The normalized spacial score (nSPS) is 12.5. The van der Waals surface area contributed by atoms with Gasteiger partial charge in [0.25, 0.3) is 11.9 Å². The van der Waals surface area contributed by atoms with E-state index >= 15 is 0 Å². The van der Waals surface area contributed by atoms with Gasteiger partial charge in [-0.2, -0.15) is 0 Å². The van der Waals surface area contributed by atoms with Crippen LogP contribution in [0.2, 0.25) is 0 Å².